The van der Waals surface area contributed by atoms with Gasteiger partial charge in [-0.2, -0.15) is 0 Å². The lowest BCUT2D eigenvalue weighted by Crippen LogP contribution is -2.33. The monoisotopic (exact) mass is 294 g/mol. The zero-order valence-corrected chi connectivity index (χ0v) is 13.7. The van der Waals surface area contributed by atoms with Gasteiger partial charge in [0.15, 0.2) is 0 Å². The first kappa shape index (κ1) is 15.3. The minimum Gasteiger partial charge on any atom is -0.315 e. The van der Waals surface area contributed by atoms with Gasteiger partial charge in [0, 0.05) is 19.6 Å². The van der Waals surface area contributed by atoms with E-state index in [2.05, 4.69) is 72.6 Å². The lowest BCUT2D eigenvalue weighted by Gasteiger charge is -2.32. The summed E-state index contributed by atoms with van der Waals surface area (Å²) in [7, 11) is 0. The normalized spacial score (nSPS) is 17.9. The Labute approximate surface area is 134 Å². The predicted molar refractivity (Wildman–Crippen MR) is 93.3 cm³/mol. The first-order valence-electron chi connectivity index (χ1n) is 8.32. The van der Waals surface area contributed by atoms with Crippen LogP contribution >= 0.6 is 0 Å². The number of hydrogen-bond donors (Lipinski definition) is 1. The van der Waals surface area contributed by atoms with Gasteiger partial charge in [-0.3, -0.25) is 4.90 Å². The first-order valence-corrected chi connectivity index (χ1v) is 8.32. The number of aryl methyl sites for hydroxylation is 2. The van der Waals surface area contributed by atoms with E-state index in [9.17, 15) is 0 Å². The third-order valence-electron chi connectivity index (χ3n) is 4.58. The van der Waals surface area contributed by atoms with E-state index >= 15 is 0 Å². The highest BCUT2D eigenvalue weighted by molar-refractivity contribution is 5.39. The van der Waals surface area contributed by atoms with Gasteiger partial charge in [0.05, 0.1) is 6.04 Å². The van der Waals surface area contributed by atoms with Crippen LogP contribution in [0.5, 0.6) is 0 Å². The number of nitrogens with zero attached hydrogens (tertiary/aromatic N) is 1. The minimum atomic E-state index is 0.363. The molecule has 1 heterocycles. The Hall–Kier alpha value is -1.64. The molecule has 2 aromatic carbocycles. The maximum Gasteiger partial charge on any atom is 0.0604 e. The molecule has 3 rings (SSSR count). The van der Waals surface area contributed by atoms with E-state index in [1.807, 2.05) is 0 Å². The predicted octanol–water partition coefficient (Wildman–Crippen LogP) is 3.69. The standard InChI is InChI=1S/C20H26N2/c1-16-9-10-19(17(2)15-16)20(18-7-4-3-5-8-18)22-13-6-11-21-12-14-22/h3-5,7-10,15,20-21H,6,11-14H2,1-2H3. The molecule has 0 aromatic heterocycles. The van der Waals surface area contributed by atoms with Crippen LogP contribution < -0.4 is 5.32 Å². The molecule has 1 atom stereocenters. The van der Waals surface area contributed by atoms with Crippen LogP contribution in [0.4, 0.5) is 0 Å². The van der Waals surface area contributed by atoms with Crippen LogP contribution in [0.2, 0.25) is 0 Å². The molecule has 0 radical (unpaired) electrons. The summed E-state index contributed by atoms with van der Waals surface area (Å²) in [6.07, 6.45) is 1.22. The highest BCUT2D eigenvalue weighted by atomic mass is 15.2. The van der Waals surface area contributed by atoms with Crippen LogP contribution in [0.3, 0.4) is 0 Å². The SMILES string of the molecule is Cc1ccc(C(c2ccccc2)N2CCCNCC2)c(C)c1. The summed E-state index contributed by atoms with van der Waals surface area (Å²) in [5, 5.41) is 3.52. The number of rotatable bonds is 3. The van der Waals surface area contributed by atoms with Gasteiger partial charge in [0.25, 0.3) is 0 Å². The molecule has 0 spiro atoms. The van der Waals surface area contributed by atoms with Crippen molar-refractivity contribution in [3.05, 3.63) is 70.8 Å². The van der Waals surface area contributed by atoms with E-state index in [0.717, 1.165) is 26.2 Å². The van der Waals surface area contributed by atoms with Gasteiger partial charge >= 0.3 is 0 Å². The van der Waals surface area contributed by atoms with E-state index in [1.54, 1.807) is 0 Å². The Morgan fingerprint density at radius 3 is 2.55 bits per heavy atom. The van der Waals surface area contributed by atoms with Crippen LogP contribution in [0.1, 0.15) is 34.7 Å². The van der Waals surface area contributed by atoms with Crippen LogP contribution in [0.25, 0.3) is 0 Å². The maximum absolute atomic E-state index is 3.52. The molecule has 0 aliphatic carbocycles. The van der Waals surface area contributed by atoms with Crippen LogP contribution in [0.15, 0.2) is 48.5 Å². The molecule has 1 aliphatic rings. The van der Waals surface area contributed by atoms with Gasteiger partial charge in [-0.1, -0.05) is 54.1 Å². The summed E-state index contributed by atoms with van der Waals surface area (Å²) >= 11 is 0. The highest BCUT2D eigenvalue weighted by Gasteiger charge is 2.24. The van der Waals surface area contributed by atoms with E-state index in [-0.39, 0.29) is 0 Å². The summed E-state index contributed by atoms with van der Waals surface area (Å²) in [5.74, 6) is 0. The fourth-order valence-electron chi connectivity index (χ4n) is 3.48. The molecule has 2 nitrogen and oxygen atoms in total. The van der Waals surface area contributed by atoms with Gasteiger partial charge in [0.1, 0.15) is 0 Å². The van der Waals surface area contributed by atoms with Crippen molar-refractivity contribution in [1.82, 2.24) is 10.2 Å². The summed E-state index contributed by atoms with van der Waals surface area (Å²) in [6, 6.07) is 18.2. The lowest BCUT2D eigenvalue weighted by atomic mass is 9.92. The highest BCUT2D eigenvalue weighted by Crippen LogP contribution is 2.31. The molecule has 1 saturated heterocycles. The van der Waals surface area contributed by atoms with Crippen LogP contribution in [-0.2, 0) is 0 Å². The van der Waals surface area contributed by atoms with Crippen molar-refractivity contribution in [2.24, 2.45) is 0 Å². The summed E-state index contributed by atoms with van der Waals surface area (Å²) in [4.78, 5) is 2.63. The number of hydrogen-bond acceptors (Lipinski definition) is 2. The van der Waals surface area contributed by atoms with Crippen molar-refractivity contribution >= 4 is 0 Å². The third-order valence-corrected chi connectivity index (χ3v) is 4.58. The number of nitrogens with one attached hydrogen (secondary N) is 1. The molecule has 2 aromatic rings. The van der Waals surface area contributed by atoms with Crippen molar-refractivity contribution in [2.75, 3.05) is 26.2 Å². The lowest BCUT2D eigenvalue weighted by molar-refractivity contribution is 0.240. The Kier molecular flexibility index (Phi) is 4.91. The Balaban J connectivity index is 2.02. The molecule has 1 aliphatic heterocycles. The topological polar surface area (TPSA) is 15.3 Å². The molecule has 0 amide bonds. The third kappa shape index (κ3) is 3.40. The van der Waals surface area contributed by atoms with Gasteiger partial charge in [-0.25, -0.2) is 0 Å². The van der Waals surface area contributed by atoms with Crippen molar-refractivity contribution < 1.29 is 0 Å². The van der Waals surface area contributed by atoms with Crippen LogP contribution in [-0.4, -0.2) is 31.1 Å². The average Bonchev–Trinajstić information content (AvgIpc) is 2.80. The zero-order chi connectivity index (χ0) is 15.4. The smallest absolute Gasteiger partial charge is 0.0604 e. The fourth-order valence-corrected chi connectivity index (χ4v) is 3.48. The summed E-state index contributed by atoms with van der Waals surface area (Å²) in [5.41, 5.74) is 5.58. The molecular weight excluding hydrogens is 268 g/mol. The van der Waals surface area contributed by atoms with Gasteiger partial charge in [-0.15, -0.1) is 0 Å². The van der Waals surface area contributed by atoms with E-state index in [4.69, 9.17) is 0 Å². The summed E-state index contributed by atoms with van der Waals surface area (Å²) < 4.78 is 0. The van der Waals surface area contributed by atoms with Crippen molar-refractivity contribution in [1.29, 1.82) is 0 Å². The Bertz CT molecular complexity index is 598. The molecule has 1 fully saturated rings. The van der Waals surface area contributed by atoms with Gasteiger partial charge in [0.2, 0.25) is 0 Å². The minimum absolute atomic E-state index is 0.363. The summed E-state index contributed by atoms with van der Waals surface area (Å²) in [6.45, 7) is 8.88. The van der Waals surface area contributed by atoms with E-state index in [0.29, 0.717) is 6.04 Å². The van der Waals surface area contributed by atoms with Crippen LogP contribution in [0, 0.1) is 13.8 Å². The Morgan fingerprint density at radius 1 is 0.955 bits per heavy atom. The largest absolute Gasteiger partial charge is 0.315 e. The molecule has 22 heavy (non-hydrogen) atoms. The second-order valence-corrected chi connectivity index (χ2v) is 6.31. The molecule has 1 N–H and O–H groups in total. The first-order chi connectivity index (χ1) is 10.8. The average molecular weight is 294 g/mol. The maximum atomic E-state index is 3.52. The molecule has 0 saturated carbocycles. The van der Waals surface area contributed by atoms with E-state index < -0.39 is 0 Å². The molecular formula is C20H26N2. The van der Waals surface area contributed by atoms with E-state index in [1.165, 1.54) is 28.7 Å². The zero-order valence-electron chi connectivity index (χ0n) is 13.7. The van der Waals surface area contributed by atoms with Gasteiger partial charge in [-0.05, 0) is 43.5 Å². The molecule has 116 valence electrons. The number of benzene rings is 2. The Morgan fingerprint density at radius 2 is 1.77 bits per heavy atom. The van der Waals surface area contributed by atoms with Crippen molar-refractivity contribution in [2.45, 2.75) is 26.3 Å². The molecule has 0 bridgehead atoms. The quantitative estimate of drug-likeness (QED) is 0.929. The second-order valence-electron chi connectivity index (χ2n) is 6.31. The van der Waals surface area contributed by atoms with Gasteiger partial charge < -0.3 is 5.32 Å². The second kappa shape index (κ2) is 7.08. The van der Waals surface area contributed by atoms with Crippen molar-refractivity contribution in [3.8, 4) is 0 Å². The van der Waals surface area contributed by atoms with Crippen molar-refractivity contribution in [3.63, 3.8) is 0 Å². The molecule has 2 heteroatoms. The molecule has 1 unspecified atom stereocenters. The fraction of sp³-hybridized carbons (Fsp3) is 0.400.